The maximum atomic E-state index is 11.2. The van der Waals surface area contributed by atoms with Crippen molar-refractivity contribution < 1.29 is 14.3 Å². The van der Waals surface area contributed by atoms with Crippen LogP contribution in [0.4, 0.5) is 0 Å². The van der Waals surface area contributed by atoms with Crippen molar-refractivity contribution in [1.29, 1.82) is 0 Å². The maximum absolute atomic E-state index is 11.2. The first-order valence-electron chi connectivity index (χ1n) is 4.12. The number of amides is 1. The summed E-state index contributed by atoms with van der Waals surface area (Å²) < 4.78 is 4.44. The molecule has 76 valence electrons. The highest BCUT2D eigenvalue weighted by Gasteiger charge is 2.20. The number of nitrogens with two attached hydrogens (primary N) is 1. The van der Waals surface area contributed by atoms with E-state index in [9.17, 15) is 9.59 Å². The van der Waals surface area contributed by atoms with E-state index in [1.807, 2.05) is 0 Å². The monoisotopic (exact) mass is 197 g/mol. The first-order chi connectivity index (χ1) is 6.63. The van der Waals surface area contributed by atoms with Gasteiger partial charge in [0.05, 0.1) is 13.0 Å². The number of hydrogen-bond donors (Lipinski definition) is 1. The molecule has 6 nitrogen and oxygen atoms in total. The zero-order valence-corrected chi connectivity index (χ0v) is 7.77. The molecular weight excluding hydrogens is 186 g/mol. The molecule has 6 heteroatoms. The van der Waals surface area contributed by atoms with E-state index in [1.54, 1.807) is 0 Å². The molecule has 0 aliphatic carbocycles. The lowest BCUT2D eigenvalue weighted by molar-refractivity contribution is -0.140. The first-order valence-corrected chi connectivity index (χ1v) is 4.12. The van der Waals surface area contributed by atoms with Gasteiger partial charge in [0.15, 0.2) is 0 Å². The Morgan fingerprint density at radius 2 is 2.43 bits per heavy atom. The normalized spacial score (nSPS) is 20.5. The van der Waals surface area contributed by atoms with Crippen molar-refractivity contribution in [2.24, 2.45) is 21.6 Å². The van der Waals surface area contributed by atoms with Crippen LogP contribution in [0.1, 0.15) is 12.8 Å². The molecule has 2 N–H and O–H groups in total. The highest BCUT2D eigenvalue weighted by atomic mass is 16.5. The van der Waals surface area contributed by atoms with E-state index in [2.05, 4.69) is 14.7 Å². The zero-order valence-electron chi connectivity index (χ0n) is 7.77. The molecular formula is C8H11N3O3. The van der Waals surface area contributed by atoms with Crippen LogP contribution in [-0.2, 0) is 14.3 Å². The van der Waals surface area contributed by atoms with Gasteiger partial charge in [0.1, 0.15) is 0 Å². The summed E-state index contributed by atoms with van der Waals surface area (Å²) in [5.74, 6) is -1.21. The summed E-state index contributed by atoms with van der Waals surface area (Å²) in [6.07, 6.45) is 1.94. The van der Waals surface area contributed by atoms with Crippen LogP contribution in [0.5, 0.6) is 0 Å². The third kappa shape index (κ3) is 2.65. The van der Waals surface area contributed by atoms with Crippen LogP contribution in [0.15, 0.2) is 9.98 Å². The Labute approximate surface area is 80.9 Å². The van der Waals surface area contributed by atoms with Crippen LogP contribution in [-0.4, -0.2) is 31.2 Å². The predicted octanol–water partition coefficient (Wildman–Crippen LogP) is -0.519. The molecule has 0 aromatic rings. The largest absolute Gasteiger partial charge is 0.469 e. The van der Waals surface area contributed by atoms with Crippen molar-refractivity contribution in [3.63, 3.8) is 0 Å². The van der Waals surface area contributed by atoms with Gasteiger partial charge in [-0.2, -0.15) is 4.99 Å². The standard InChI is InChI=1S/C8H11N3O3/c1-14-6(12)3-2-5-4-10-8(9)11-7(5)13/h4-5H,2-3H2,1H3,(H2,9,11,13). The summed E-state index contributed by atoms with van der Waals surface area (Å²) in [7, 11) is 1.30. The first kappa shape index (κ1) is 10.4. The van der Waals surface area contributed by atoms with Crippen molar-refractivity contribution in [2.45, 2.75) is 12.8 Å². The second-order valence-electron chi connectivity index (χ2n) is 2.81. The maximum Gasteiger partial charge on any atom is 0.305 e. The van der Waals surface area contributed by atoms with E-state index >= 15 is 0 Å². The number of esters is 1. The molecule has 1 heterocycles. The predicted molar refractivity (Wildman–Crippen MR) is 49.9 cm³/mol. The van der Waals surface area contributed by atoms with Gasteiger partial charge >= 0.3 is 5.97 Å². The third-order valence-corrected chi connectivity index (χ3v) is 1.82. The summed E-state index contributed by atoms with van der Waals surface area (Å²) in [4.78, 5) is 29.2. The minimum Gasteiger partial charge on any atom is -0.469 e. The number of guanidine groups is 1. The quantitative estimate of drug-likeness (QED) is 0.616. The molecule has 0 aromatic carbocycles. The topological polar surface area (TPSA) is 94.1 Å². The molecule has 1 atom stereocenters. The molecule has 1 aliphatic heterocycles. The van der Waals surface area contributed by atoms with Crippen LogP contribution < -0.4 is 5.73 Å². The Balaban J connectivity index is 2.45. The molecule has 1 rings (SSSR count). The summed E-state index contributed by atoms with van der Waals surface area (Å²) in [6, 6.07) is 0. The number of carbonyl (C=O) groups is 2. The molecule has 1 aliphatic rings. The molecule has 0 aromatic heterocycles. The molecule has 0 spiro atoms. The summed E-state index contributed by atoms with van der Waals surface area (Å²) >= 11 is 0. The van der Waals surface area contributed by atoms with Gasteiger partial charge in [-0.15, -0.1) is 0 Å². The minimum atomic E-state index is -0.457. The van der Waals surface area contributed by atoms with Gasteiger partial charge in [-0.25, -0.2) is 4.99 Å². The van der Waals surface area contributed by atoms with Crippen LogP contribution >= 0.6 is 0 Å². The molecule has 1 amide bonds. The number of ether oxygens (including phenoxy) is 1. The van der Waals surface area contributed by atoms with Gasteiger partial charge < -0.3 is 10.5 Å². The fraction of sp³-hybridized carbons (Fsp3) is 0.500. The van der Waals surface area contributed by atoms with Gasteiger partial charge in [0.2, 0.25) is 5.96 Å². The Hall–Kier alpha value is -1.72. The van der Waals surface area contributed by atoms with Gasteiger partial charge in [0.25, 0.3) is 5.91 Å². The van der Waals surface area contributed by atoms with E-state index in [-0.39, 0.29) is 24.3 Å². The van der Waals surface area contributed by atoms with Crippen molar-refractivity contribution in [3.05, 3.63) is 0 Å². The van der Waals surface area contributed by atoms with Crippen LogP contribution in [0.25, 0.3) is 0 Å². The molecule has 0 fully saturated rings. The molecule has 1 unspecified atom stereocenters. The van der Waals surface area contributed by atoms with Gasteiger partial charge in [-0.1, -0.05) is 0 Å². The lowest BCUT2D eigenvalue weighted by Crippen LogP contribution is -2.25. The summed E-state index contributed by atoms with van der Waals surface area (Å²) in [6.45, 7) is 0. The van der Waals surface area contributed by atoms with Crippen LogP contribution in [0.3, 0.4) is 0 Å². The summed E-state index contributed by atoms with van der Waals surface area (Å²) in [5, 5.41) is 0. The SMILES string of the molecule is COC(=O)CCC1C=NC(N)=NC1=O. The number of methoxy groups -OCH3 is 1. The van der Waals surface area contributed by atoms with Gasteiger partial charge in [-0.3, -0.25) is 9.59 Å². The zero-order chi connectivity index (χ0) is 10.6. The highest BCUT2D eigenvalue weighted by Crippen LogP contribution is 2.10. The molecule has 0 saturated carbocycles. The van der Waals surface area contributed by atoms with Crippen LogP contribution in [0, 0.1) is 5.92 Å². The Kier molecular flexibility index (Phi) is 3.33. The van der Waals surface area contributed by atoms with Crippen molar-refractivity contribution >= 4 is 24.1 Å². The third-order valence-electron chi connectivity index (χ3n) is 1.82. The van der Waals surface area contributed by atoms with E-state index in [1.165, 1.54) is 13.3 Å². The van der Waals surface area contributed by atoms with Gasteiger partial charge in [-0.05, 0) is 6.42 Å². The van der Waals surface area contributed by atoms with E-state index in [0.717, 1.165) is 0 Å². The Morgan fingerprint density at radius 3 is 3.00 bits per heavy atom. The molecule has 0 radical (unpaired) electrons. The number of nitrogens with zero attached hydrogens (tertiary/aromatic N) is 2. The van der Waals surface area contributed by atoms with E-state index < -0.39 is 5.92 Å². The smallest absolute Gasteiger partial charge is 0.305 e. The second kappa shape index (κ2) is 4.50. The lowest BCUT2D eigenvalue weighted by atomic mass is 10.0. The number of aliphatic imine (C=N–C) groups is 2. The summed E-state index contributed by atoms with van der Waals surface area (Å²) in [5.41, 5.74) is 5.21. The Bertz CT molecular complexity index is 309. The minimum absolute atomic E-state index is 0.0377. The second-order valence-corrected chi connectivity index (χ2v) is 2.81. The average Bonchev–Trinajstić information content (AvgIpc) is 2.16. The lowest BCUT2D eigenvalue weighted by Gasteiger charge is -2.10. The van der Waals surface area contributed by atoms with Crippen molar-refractivity contribution in [2.75, 3.05) is 7.11 Å². The average molecular weight is 197 g/mol. The molecule has 0 saturated heterocycles. The fourth-order valence-corrected chi connectivity index (χ4v) is 1.03. The van der Waals surface area contributed by atoms with Crippen molar-refractivity contribution in [1.82, 2.24) is 0 Å². The van der Waals surface area contributed by atoms with Gasteiger partial charge in [0, 0.05) is 12.6 Å². The highest BCUT2D eigenvalue weighted by molar-refractivity contribution is 6.07. The van der Waals surface area contributed by atoms with Crippen molar-refractivity contribution in [3.8, 4) is 0 Å². The molecule has 0 bridgehead atoms. The Morgan fingerprint density at radius 1 is 1.71 bits per heavy atom. The number of hydrogen-bond acceptors (Lipinski definition) is 5. The number of carbonyl (C=O) groups excluding carboxylic acids is 2. The van der Waals surface area contributed by atoms with E-state index in [0.29, 0.717) is 6.42 Å². The van der Waals surface area contributed by atoms with Crippen LogP contribution in [0.2, 0.25) is 0 Å². The number of rotatable bonds is 3. The van der Waals surface area contributed by atoms with E-state index in [4.69, 9.17) is 5.73 Å². The molecule has 14 heavy (non-hydrogen) atoms. The fourth-order valence-electron chi connectivity index (χ4n) is 1.03.